The molecule has 9 nitrogen and oxygen atoms in total. The quantitative estimate of drug-likeness (QED) is 0.717. The van der Waals surface area contributed by atoms with Crippen molar-refractivity contribution in [2.24, 2.45) is 4.99 Å². The summed E-state index contributed by atoms with van der Waals surface area (Å²) in [5.74, 6) is 0.704. The van der Waals surface area contributed by atoms with Gasteiger partial charge < -0.3 is 18.9 Å². The van der Waals surface area contributed by atoms with Crippen LogP contribution in [0.2, 0.25) is 5.02 Å². The first kappa shape index (κ1) is 19.2. The van der Waals surface area contributed by atoms with Gasteiger partial charge in [0.15, 0.2) is 6.04 Å². The van der Waals surface area contributed by atoms with Gasteiger partial charge in [-0.3, -0.25) is 14.7 Å². The average molecular weight is 444 g/mol. The topological polar surface area (TPSA) is 93.3 Å². The monoisotopic (exact) mass is 443 g/mol. The number of hydrogen-bond acceptors (Lipinski definition) is 8. The summed E-state index contributed by atoms with van der Waals surface area (Å²) in [4.78, 5) is 26.6. The molecule has 4 atom stereocenters. The Kier molecular flexibility index (Phi) is 4.35. The molecular weight excluding hydrogens is 422 g/mol. The average Bonchev–Trinajstić information content (AvgIpc) is 3.53. The molecule has 4 aliphatic heterocycles. The van der Waals surface area contributed by atoms with E-state index in [1.807, 2.05) is 24.0 Å². The van der Waals surface area contributed by atoms with E-state index in [9.17, 15) is 4.79 Å². The van der Waals surface area contributed by atoms with Gasteiger partial charge in [0.05, 0.1) is 17.7 Å². The second-order valence-electron chi connectivity index (χ2n) is 8.49. The Hall–Kier alpha value is -2.49. The largest absolute Gasteiger partial charge is 0.370 e. The van der Waals surface area contributed by atoms with E-state index >= 15 is 0 Å². The van der Waals surface area contributed by atoms with E-state index in [-0.39, 0.29) is 12.0 Å². The maximum atomic E-state index is 13.9. The van der Waals surface area contributed by atoms with E-state index in [4.69, 9.17) is 25.6 Å². The number of halogens is 1. The van der Waals surface area contributed by atoms with E-state index < -0.39 is 17.8 Å². The number of carbonyl (C=O) groups is 1. The van der Waals surface area contributed by atoms with Crippen LogP contribution in [0.1, 0.15) is 56.5 Å². The second kappa shape index (κ2) is 7.01. The third-order valence-corrected chi connectivity index (χ3v) is 6.71. The predicted molar refractivity (Wildman–Crippen MR) is 112 cm³/mol. The van der Waals surface area contributed by atoms with Crippen LogP contribution in [0.5, 0.6) is 0 Å². The smallest absolute Gasteiger partial charge is 0.255 e. The number of nitrogens with zero attached hydrogens (tertiary/aromatic N) is 5. The minimum atomic E-state index is -0.743. The summed E-state index contributed by atoms with van der Waals surface area (Å²) < 4.78 is 17.2. The second-order valence-corrected chi connectivity index (χ2v) is 8.92. The number of ether oxygens (including phenoxy) is 2. The van der Waals surface area contributed by atoms with Crippen molar-refractivity contribution in [1.82, 2.24) is 10.1 Å². The maximum Gasteiger partial charge on any atom is 0.255 e. The fourth-order valence-electron chi connectivity index (χ4n) is 4.97. The van der Waals surface area contributed by atoms with Crippen LogP contribution in [0.4, 0.5) is 11.4 Å². The number of carbonyl (C=O) groups excluding carboxylic acids is 1. The molecule has 0 bridgehead atoms. The highest BCUT2D eigenvalue weighted by Crippen LogP contribution is 2.48. The molecule has 31 heavy (non-hydrogen) atoms. The van der Waals surface area contributed by atoms with Gasteiger partial charge in [-0.2, -0.15) is 4.98 Å². The first-order chi connectivity index (χ1) is 15.0. The van der Waals surface area contributed by atoms with Crippen molar-refractivity contribution in [3.8, 4) is 0 Å². The number of rotatable bonds is 3. The Bertz CT molecular complexity index is 1060. The third kappa shape index (κ3) is 2.90. The number of amides is 1. The Labute approximate surface area is 184 Å². The molecule has 4 aliphatic rings. The lowest BCUT2D eigenvalue weighted by atomic mass is 9.97. The van der Waals surface area contributed by atoms with E-state index in [2.05, 4.69) is 15.1 Å². The molecule has 6 rings (SSSR count). The molecule has 0 saturated carbocycles. The molecule has 1 aromatic heterocycles. The van der Waals surface area contributed by atoms with Crippen LogP contribution in [0, 0.1) is 0 Å². The van der Waals surface area contributed by atoms with Crippen LogP contribution >= 0.6 is 11.6 Å². The SMILES string of the molecule is CC1(N2C(=O)C3C(c4nc(C5CCCO5)no4)N=CN3c3ccc(Cl)cc32)CCCO1. The van der Waals surface area contributed by atoms with Crippen LogP contribution in [0.3, 0.4) is 0 Å². The lowest BCUT2D eigenvalue weighted by molar-refractivity contribution is -0.125. The zero-order valence-electron chi connectivity index (χ0n) is 17.0. The lowest BCUT2D eigenvalue weighted by Gasteiger charge is -2.45. The number of benzene rings is 1. The molecule has 2 aromatic rings. The summed E-state index contributed by atoms with van der Waals surface area (Å²) in [5, 5.41) is 4.66. The van der Waals surface area contributed by atoms with Gasteiger partial charge in [-0.15, -0.1) is 0 Å². The summed E-state index contributed by atoms with van der Waals surface area (Å²) in [6.07, 6.45) is 4.97. The van der Waals surface area contributed by atoms with Crippen molar-refractivity contribution >= 4 is 35.2 Å². The Balaban J connectivity index is 1.40. The van der Waals surface area contributed by atoms with E-state index in [0.717, 1.165) is 37.1 Å². The van der Waals surface area contributed by atoms with Crippen molar-refractivity contribution in [1.29, 1.82) is 0 Å². The van der Waals surface area contributed by atoms with Crippen LogP contribution in [0.15, 0.2) is 27.7 Å². The van der Waals surface area contributed by atoms with Gasteiger partial charge in [0.1, 0.15) is 17.9 Å². The minimum Gasteiger partial charge on any atom is -0.370 e. The van der Waals surface area contributed by atoms with Crippen LogP contribution in [0.25, 0.3) is 0 Å². The Morgan fingerprint density at radius 3 is 2.90 bits per heavy atom. The van der Waals surface area contributed by atoms with Gasteiger partial charge in [0.25, 0.3) is 11.8 Å². The van der Waals surface area contributed by atoms with Crippen molar-refractivity contribution in [2.45, 2.75) is 56.5 Å². The van der Waals surface area contributed by atoms with Gasteiger partial charge in [-0.25, -0.2) is 0 Å². The normalized spacial score (nSPS) is 32.1. The third-order valence-electron chi connectivity index (χ3n) is 6.48. The Morgan fingerprint density at radius 1 is 1.23 bits per heavy atom. The molecule has 0 N–H and O–H groups in total. The molecule has 5 heterocycles. The van der Waals surface area contributed by atoms with Gasteiger partial charge in [-0.05, 0) is 50.8 Å². The molecule has 4 unspecified atom stereocenters. The summed E-state index contributed by atoms with van der Waals surface area (Å²) in [6, 6.07) is 4.29. The lowest BCUT2D eigenvalue weighted by Crippen LogP contribution is -2.60. The van der Waals surface area contributed by atoms with Crippen LogP contribution in [-0.4, -0.2) is 47.4 Å². The number of anilines is 2. The fourth-order valence-corrected chi connectivity index (χ4v) is 5.13. The van der Waals surface area contributed by atoms with Crippen LogP contribution < -0.4 is 9.80 Å². The summed E-state index contributed by atoms with van der Waals surface area (Å²) in [7, 11) is 0. The molecule has 0 radical (unpaired) electrons. The molecule has 162 valence electrons. The minimum absolute atomic E-state index is 0.126. The fraction of sp³-hybridized carbons (Fsp3) is 0.524. The highest BCUT2D eigenvalue weighted by molar-refractivity contribution is 6.31. The van der Waals surface area contributed by atoms with Crippen molar-refractivity contribution in [3.05, 3.63) is 34.9 Å². The summed E-state index contributed by atoms with van der Waals surface area (Å²) in [6.45, 7) is 3.25. The van der Waals surface area contributed by atoms with Gasteiger partial charge in [0.2, 0.25) is 5.82 Å². The van der Waals surface area contributed by atoms with Gasteiger partial charge in [0, 0.05) is 18.2 Å². The molecule has 0 aliphatic carbocycles. The van der Waals surface area contributed by atoms with E-state index in [1.165, 1.54) is 0 Å². The highest BCUT2D eigenvalue weighted by atomic mass is 35.5. The van der Waals surface area contributed by atoms with Crippen LogP contribution in [-0.2, 0) is 14.3 Å². The predicted octanol–water partition coefficient (Wildman–Crippen LogP) is 3.41. The summed E-state index contributed by atoms with van der Waals surface area (Å²) in [5.41, 5.74) is 0.819. The number of aliphatic imine (C=N–C) groups is 1. The number of hydrogen-bond donors (Lipinski definition) is 0. The number of aromatic nitrogens is 2. The first-order valence-electron chi connectivity index (χ1n) is 10.6. The summed E-state index contributed by atoms with van der Waals surface area (Å²) >= 11 is 6.30. The zero-order valence-corrected chi connectivity index (χ0v) is 17.8. The first-order valence-corrected chi connectivity index (χ1v) is 11.0. The molecule has 10 heteroatoms. The van der Waals surface area contributed by atoms with Crippen molar-refractivity contribution in [3.63, 3.8) is 0 Å². The van der Waals surface area contributed by atoms with Gasteiger partial charge >= 0.3 is 0 Å². The van der Waals surface area contributed by atoms with Crippen molar-refractivity contribution < 1.29 is 18.8 Å². The van der Waals surface area contributed by atoms with Gasteiger partial charge in [-0.1, -0.05) is 16.8 Å². The number of fused-ring (bicyclic) bond motifs is 3. The molecule has 2 fully saturated rings. The highest BCUT2D eigenvalue weighted by Gasteiger charge is 2.53. The van der Waals surface area contributed by atoms with E-state index in [0.29, 0.717) is 30.0 Å². The molecule has 1 amide bonds. The molecule has 2 saturated heterocycles. The molecular formula is C21H22ClN5O4. The van der Waals surface area contributed by atoms with E-state index in [1.54, 1.807) is 17.3 Å². The zero-order chi connectivity index (χ0) is 21.2. The Morgan fingerprint density at radius 2 is 2.13 bits per heavy atom. The molecule has 0 spiro atoms. The van der Waals surface area contributed by atoms with Crippen molar-refractivity contribution in [2.75, 3.05) is 23.0 Å². The maximum absolute atomic E-state index is 13.9. The standard InChI is InChI=1S/C21H22ClN5O4/c1-21(7-3-9-30-21)27-14-10-12(22)5-6-13(14)26-11-23-16(17(26)20(27)28)19-24-18(25-31-19)15-4-2-8-29-15/h5-6,10-11,15-17H,2-4,7-9H2,1H3. The molecule has 1 aromatic carbocycles.